The molecule has 0 radical (unpaired) electrons. The summed E-state index contributed by atoms with van der Waals surface area (Å²) in [4.78, 5) is 25.6. The summed E-state index contributed by atoms with van der Waals surface area (Å²) >= 11 is 0. The number of nitrogens with zero attached hydrogens (tertiary/aromatic N) is 1. The van der Waals surface area contributed by atoms with E-state index in [0.29, 0.717) is 6.61 Å². The lowest BCUT2D eigenvalue weighted by Gasteiger charge is -2.35. The van der Waals surface area contributed by atoms with Crippen molar-refractivity contribution < 1.29 is 19.4 Å². The molecule has 1 heterocycles. The number of likely N-dealkylation sites (tertiary alicyclic amines) is 1. The number of hydrogen-bond acceptors (Lipinski definition) is 3. The minimum atomic E-state index is -0.663. The summed E-state index contributed by atoms with van der Waals surface area (Å²) in [5.74, 6) is -0.552. The van der Waals surface area contributed by atoms with E-state index in [1.54, 1.807) is 7.11 Å². The minimum absolute atomic E-state index is 0.00581. The normalized spacial score (nSPS) is 29.2. The molecule has 20 heavy (non-hydrogen) atoms. The van der Waals surface area contributed by atoms with Crippen molar-refractivity contribution in [2.75, 3.05) is 26.8 Å². The molecule has 1 aliphatic heterocycles. The van der Waals surface area contributed by atoms with E-state index in [-0.39, 0.29) is 22.7 Å². The highest BCUT2D eigenvalue weighted by Gasteiger charge is 2.60. The molecule has 1 saturated heterocycles. The number of carbonyl (C=O) groups is 2. The average Bonchev–Trinajstić information content (AvgIpc) is 3.33. The predicted molar refractivity (Wildman–Crippen MR) is 72.1 cm³/mol. The van der Waals surface area contributed by atoms with Crippen molar-refractivity contribution in [1.82, 2.24) is 4.90 Å². The Balaban J connectivity index is 1.54. The Hall–Kier alpha value is -1.10. The Morgan fingerprint density at radius 1 is 1.25 bits per heavy atom. The molecule has 2 aliphatic carbocycles. The molecular weight excluding hydrogens is 258 g/mol. The molecule has 0 bridgehead atoms. The molecule has 112 valence electrons. The fraction of sp³-hybridized carbons (Fsp3) is 0.867. The van der Waals surface area contributed by atoms with Gasteiger partial charge in [-0.05, 0) is 43.9 Å². The number of carboxylic acids is 1. The van der Waals surface area contributed by atoms with E-state index in [9.17, 15) is 9.59 Å². The van der Waals surface area contributed by atoms with E-state index < -0.39 is 5.97 Å². The highest BCUT2D eigenvalue weighted by atomic mass is 16.5. The third-order valence-corrected chi connectivity index (χ3v) is 5.63. The van der Waals surface area contributed by atoms with Gasteiger partial charge in [0.05, 0.1) is 11.3 Å². The topological polar surface area (TPSA) is 66.8 Å². The largest absolute Gasteiger partial charge is 0.481 e. The van der Waals surface area contributed by atoms with Crippen molar-refractivity contribution in [2.45, 2.75) is 38.5 Å². The van der Waals surface area contributed by atoms with Gasteiger partial charge in [0.25, 0.3) is 0 Å². The van der Waals surface area contributed by atoms with Crippen LogP contribution < -0.4 is 0 Å². The van der Waals surface area contributed by atoms with Gasteiger partial charge >= 0.3 is 5.97 Å². The van der Waals surface area contributed by atoms with Gasteiger partial charge in [0.1, 0.15) is 0 Å². The highest BCUT2D eigenvalue weighted by Crippen LogP contribution is 2.60. The first kappa shape index (κ1) is 13.9. The van der Waals surface area contributed by atoms with Crippen molar-refractivity contribution >= 4 is 11.9 Å². The molecule has 2 saturated carbocycles. The van der Waals surface area contributed by atoms with Crippen LogP contribution in [0.15, 0.2) is 0 Å². The van der Waals surface area contributed by atoms with Gasteiger partial charge in [-0.2, -0.15) is 0 Å². The van der Waals surface area contributed by atoms with Crippen LogP contribution in [0.3, 0.4) is 0 Å². The van der Waals surface area contributed by atoms with Crippen LogP contribution in [0.5, 0.6) is 0 Å². The highest BCUT2D eigenvalue weighted by molar-refractivity contribution is 5.85. The number of amides is 1. The molecule has 0 aromatic heterocycles. The fourth-order valence-electron chi connectivity index (χ4n) is 3.76. The third kappa shape index (κ3) is 2.22. The summed E-state index contributed by atoms with van der Waals surface area (Å²) < 4.78 is 5.10. The quantitative estimate of drug-likeness (QED) is 0.829. The Kier molecular flexibility index (Phi) is 3.27. The standard InChI is InChI=1S/C15H23NO4/c1-20-9-6-14(2-3-14)13(19)16-7-4-15(5-8-16)10-11(15)12(17)18/h11H,2-10H2,1H3,(H,17,18). The number of hydrogen-bond donors (Lipinski definition) is 1. The zero-order valence-electron chi connectivity index (χ0n) is 12.1. The van der Waals surface area contributed by atoms with E-state index in [1.165, 1.54) is 0 Å². The molecule has 1 unspecified atom stereocenters. The second-order valence-electron chi connectivity index (χ2n) is 6.77. The van der Waals surface area contributed by atoms with Crippen LogP contribution in [0.4, 0.5) is 0 Å². The molecule has 1 spiro atoms. The third-order valence-electron chi connectivity index (χ3n) is 5.63. The maximum absolute atomic E-state index is 12.6. The van der Waals surface area contributed by atoms with E-state index in [2.05, 4.69) is 0 Å². The molecule has 5 nitrogen and oxygen atoms in total. The zero-order chi connectivity index (χ0) is 14.4. The van der Waals surface area contributed by atoms with Gasteiger partial charge in [-0.1, -0.05) is 0 Å². The van der Waals surface area contributed by atoms with E-state index in [1.807, 2.05) is 4.90 Å². The lowest BCUT2D eigenvalue weighted by Crippen LogP contribution is -2.44. The van der Waals surface area contributed by atoms with Crippen LogP contribution in [0.1, 0.15) is 38.5 Å². The average molecular weight is 281 g/mol. The second kappa shape index (κ2) is 4.72. The van der Waals surface area contributed by atoms with Gasteiger partial charge in [0.2, 0.25) is 5.91 Å². The molecule has 3 fully saturated rings. The number of aliphatic carboxylic acids is 1. The SMILES string of the molecule is COCCC1(C(=O)N2CCC3(CC2)CC3C(=O)O)CC1. The van der Waals surface area contributed by atoms with Gasteiger partial charge in [-0.25, -0.2) is 0 Å². The molecule has 1 amide bonds. The van der Waals surface area contributed by atoms with Gasteiger partial charge in [0, 0.05) is 26.8 Å². The smallest absolute Gasteiger partial charge is 0.307 e. The number of rotatable bonds is 5. The monoisotopic (exact) mass is 281 g/mol. The fourth-order valence-corrected chi connectivity index (χ4v) is 3.76. The van der Waals surface area contributed by atoms with Crippen molar-refractivity contribution in [1.29, 1.82) is 0 Å². The van der Waals surface area contributed by atoms with Gasteiger partial charge in [0.15, 0.2) is 0 Å². The summed E-state index contributed by atoms with van der Waals surface area (Å²) in [6, 6.07) is 0. The van der Waals surface area contributed by atoms with E-state index >= 15 is 0 Å². The van der Waals surface area contributed by atoms with Crippen LogP contribution in [0, 0.1) is 16.7 Å². The number of ether oxygens (including phenoxy) is 1. The van der Waals surface area contributed by atoms with Gasteiger partial charge in [-0.15, -0.1) is 0 Å². The molecule has 3 aliphatic rings. The van der Waals surface area contributed by atoms with Crippen molar-refractivity contribution in [2.24, 2.45) is 16.7 Å². The predicted octanol–water partition coefficient (Wildman–Crippen LogP) is 1.52. The lowest BCUT2D eigenvalue weighted by molar-refractivity contribution is -0.141. The number of piperidine rings is 1. The molecule has 3 rings (SSSR count). The number of methoxy groups -OCH3 is 1. The van der Waals surface area contributed by atoms with Crippen LogP contribution in [0.2, 0.25) is 0 Å². The first-order valence-corrected chi connectivity index (χ1v) is 7.54. The Morgan fingerprint density at radius 3 is 2.35 bits per heavy atom. The molecule has 5 heteroatoms. The van der Waals surface area contributed by atoms with Crippen LogP contribution in [-0.4, -0.2) is 48.7 Å². The molecule has 0 aromatic carbocycles. The summed E-state index contributed by atoms with van der Waals surface area (Å²) in [5.41, 5.74) is -0.151. The van der Waals surface area contributed by atoms with Crippen molar-refractivity contribution in [3.63, 3.8) is 0 Å². The van der Waals surface area contributed by atoms with Gasteiger partial charge in [-0.3, -0.25) is 9.59 Å². The van der Waals surface area contributed by atoms with Crippen LogP contribution >= 0.6 is 0 Å². The summed E-state index contributed by atoms with van der Waals surface area (Å²) in [5, 5.41) is 9.09. The maximum Gasteiger partial charge on any atom is 0.307 e. The first-order chi connectivity index (χ1) is 9.53. The summed E-state index contributed by atoms with van der Waals surface area (Å²) in [6.07, 6.45) is 5.30. The van der Waals surface area contributed by atoms with Gasteiger partial charge < -0.3 is 14.7 Å². The minimum Gasteiger partial charge on any atom is -0.481 e. The lowest BCUT2D eigenvalue weighted by atomic mass is 9.89. The first-order valence-electron chi connectivity index (χ1n) is 7.54. The molecular formula is C15H23NO4. The summed E-state index contributed by atoms with van der Waals surface area (Å²) in [7, 11) is 1.67. The maximum atomic E-state index is 12.6. The Morgan fingerprint density at radius 2 is 1.90 bits per heavy atom. The Labute approximate surface area is 119 Å². The van der Waals surface area contributed by atoms with Crippen LogP contribution in [0.25, 0.3) is 0 Å². The number of carbonyl (C=O) groups excluding carboxylic acids is 1. The Bertz CT molecular complexity index is 422. The molecule has 1 N–H and O–H groups in total. The molecule has 0 aromatic rings. The van der Waals surface area contributed by atoms with E-state index in [4.69, 9.17) is 9.84 Å². The zero-order valence-corrected chi connectivity index (χ0v) is 12.1. The van der Waals surface area contributed by atoms with Crippen LogP contribution in [-0.2, 0) is 14.3 Å². The number of carboxylic acid groups (broad SMARTS) is 1. The summed E-state index contributed by atoms with van der Waals surface area (Å²) in [6.45, 7) is 2.11. The molecule has 1 atom stereocenters. The second-order valence-corrected chi connectivity index (χ2v) is 6.77. The van der Waals surface area contributed by atoms with E-state index in [0.717, 1.165) is 51.6 Å². The van der Waals surface area contributed by atoms with Crippen molar-refractivity contribution in [3.05, 3.63) is 0 Å². The van der Waals surface area contributed by atoms with Crippen molar-refractivity contribution in [3.8, 4) is 0 Å².